The molecule has 1 saturated carbocycles. The molecule has 1 atom stereocenters. The molecule has 82 valence electrons. The third-order valence-electron chi connectivity index (χ3n) is 3.16. The molecule has 1 aromatic heterocycles. The van der Waals surface area contributed by atoms with Crippen LogP contribution in [0.15, 0.2) is 0 Å². The van der Waals surface area contributed by atoms with Gasteiger partial charge in [-0.2, -0.15) is 0 Å². The molecule has 4 heteroatoms. The van der Waals surface area contributed by atoms with Crippen molar-refractivity contribution in [2.45, 2.75) is 31.7 Å². The molecular weight excluding hydrogens is 190 g/mol. The maximum absolute atomic E-state index is 5.46. The molecule has 2 aliphatic rings. The van der Waals surface area contributed by atoms with Crippen LogP contribution in [0.4, 0.5) is 0 Å². The quantitative estimate of drug-likeness (QED) is 0.767. The minimum absolute atomic E-state index is 0.280. The number of rotatable bonds is 2. The first-order valence-corrected chi connectivity index (χ1v) is 5.72. The maximum Gasteiger partial charge on any atom is 0.109 e. The topological polar surface area (TPSA) is 49.9 Å². The predicted octanol–water partition coefficient (Wildman–Crippen LogP) is 1.26. The van der Waals surface area contributed by atoms with Crippen molar-refractivity contribution in [2.24, 2.45) is 0 Å². The lowest BCUT2D eigenvalue weighted by Gasteiger charge is -2.22. The highest BCUT2D eigenvalue weighted by Gasteiger charge is 2.29. The summed E-state index contributed by atoms with van der Waals surface area (Å²) in [5, 5.41) is 3.44. The van der Waals surface area contributed by atoms with E-state index in [1.165, 1.54) is 24.4 Å². The van der Waals surface area contributed by atoms with Gasteiger partial charge in [0.1, 0.15) is 5.82 Å². The van der Waals surface area contributed by atoms with Crippen LogP contribution in [0.5, 0.6) is 0 Å². The highest BCUT2D eigenvalue weighted by molar-refractivity contribution is 5.21. The van der Waals surface area contributed by atoms with Crippen molar-refractivity contribution in [3.8, 4) is 0 Å². The fourth-order valence-corrected chi connectivity index (χ4v) is 2.13. The summed E-state index contributed by atoms with van der Waals surface area (Å²) in [5.74, 6) is 1.87. The van der Waals surface area contributed by atoms with Crippen molar-refractivity contribution in [2.75, 3.05) is 19.8 Å². The van der Waals surface area contributed by atoms with Gasteiger partial charge in [-0.1, -0.05) is 0 Å². The van der Waals surface area contributed by atoms with Crippen molar-refractivity contribution in [1.29, 1.82) is 0 Å². The Bertz CT molecular complexity index is 351. The fraction of sp³-hybridized carbons (Fsp3) is 0.727. The van der Waals surface area contributed by atoms with Crippen LogP contribution in [0, 0.1) is 6.92 Å². The Kier molecular flexibility index (Phi) is 2.25. The van der Waals surface area contributed by atoms with Crippen molar-refractivity contribution in [3.05, 3.63) is 17.2 Å². The molecule has 3 rings (SSSR count). The number of aromatic nitrogens is 2. The number of imidazole rings is 1. The fourth-order valence-electron chi connectivity index (χ4n) is 2.13. The van der Waals surface area contributed by atoms with E-state index >= 15 is 0 Å². The van der Waals surface area contributed by atoms with Crippen LogP contribution in [0.3, 0.4) is 0 Å². The van der Waals surface area contributed by atoms with Gasteiger partial charge in [0.05, 0.1) is 24.9 Å². The van der Waals surface area contributed by atoms with E-state index in [2.05, 4.69) is 17.2 Å². The second-order valence-electron chi connectivity index (χ2n) is 4.49. The van der Waals surface area contributed by atoms with Gasteiger partial charge >= 0.3 is 0 Å². The molecule has 4 nitrogen and oxygen atoms in total. The van der Waals surface area contributed by atoms with Crippen LogP contribution in [0.25, 0.3) is 0 Å². The molecule has 0 radical (unpaired) electrons. The third-order valence-corrected chi connectivity index (χ3v) is 3.16. The molecule has 0 spiro atoms. The Balaban J connectivity index is 1.82. The summed E-state index contributed by atoms with van der Waals surface area (Å²) < 4.78 is 5.46. The van der Waals surface area contributed by atoms with Gasteiger partial charge in [0.15, 0.2) is 0 Å². The van der Waals surface area contributed by atoms with Gasteiger partial charge in [-0.3, -0.25) is 0 Å². The van der Waals surface area contributed by atoms with Gasteiger partial charge in [0.25, 0.3) is 0 Å². The zero-order valence-corrected chi connectivity index (χ0v) is 9.05. The van der Waals surface area contributed by atoms with Crippen molar-refractivity contribution in [1.82, 2.24) is 15.3 Å². The Morgan fingerprint density at radius 2 is 2.27 bits per heavy atom. The lowest BCUT2D eigenvalue weighted by molar-refractivity contribution is 0.0755. The average molecular weight is 207 g/mol. The zero-order valence-electron chi connectivity index (χ0n) is 9.05. The summed E-state index contributed by atoms with van der Waals surface area (Å²) in [5.41, 5.74) is 2.34. The smallest absolute Gasteiger partial charge is 0.109 e. The van der Waals surface area contributed by atoms with E-state index in [1.807, 2.05) is 0 Å². The highest BCUT2D eigenvalue weighted by Crippen LogP contribution is 2.39. The van der Waals surface area contributed by atoms with Crippen LogP contribution >= 0.6 is 0 Å². The minimum Gasteiger partial charge on any atom is -0.378 e. The summed E-state index contributed by atoms with van der Waals surface area (Å²) >= 11 is 0. The Morgan fingerprint density at radius 1 is 1.40 bits per heavy atom. The minimum atomic E-state index is 0.280. The van der Waals surface area contributed by atoms with Gasteiger partial charge in [-0.05, 0) is 19.8 Å². The number of aromatic amines is 1. The molecule has 0 aromatic carbocycles. The van der Waals surface area contributed by atoms with Crippen LogP contribution in [-0.2, 0) is 4.74 Å². The molecule has 15 heavy (non-hydrogen) atoms. The van der Waals surface area contributed by atoms with E-state index in [0.717, 1.165) is 25.5 Å². The van der Waals surface area contributed by atoms with E-state index in [9.17, 15) is 0 Å². The molecule has 2 N–H and O–H groups in total. The lowest BCUT2D eigenvalue weighted by atomic mass is 10.2. The first-order chi connectivity index (χ1) is 7.34. The maximum atomic E-state index is 5.46. The van der Waals surface area contributed by atoms with Crippen LogP contribution in [-0.4, -0.2) is 29.7 Å². The summed E-state index contributed by atoms with van der Waals surface area (Å²) in [6, 6.07) is 0.280. The largest absolute Gasteiger partial charge is 0.378 e. The number of morpholine rings is 1. The second-order valence-corrected chi connectivity index (χ2v) is 4.49. The zero-order chi connectivity index (χ0) is 10.3. The van der Waals surface area contributed by atoms with Gasteiger partial charge in [-0.15, -0.1) is 0 Å². The van der Waals surface area contributed by atoms with E-state index in [-0.39, 0.29) is 6.04 Å². The Morgan fingerprint density at radius 3 is 2.93 bits per heavy atom. The van der Waals surface area contributed by atoms with Gasteiger partial charge in [0.2, 0.25) is 0 Å². The Hall–Kier alpha value is -0.870. The molecule has 0 bridgehead atoms. The van der Waals surface area contributed by atoms with Crippen molar-refractivity contribution in [3.63, 3.8) is 0 Å². The van der Waals surface area contributed by atoms with Crippen LogP contribution < -0.4 is 5.32 Å². The molecular formula is C11H17N3O. The van der Waals surface area contributed by atoms with E-state index in [4.69, 9.17) is 9.72 Å². The molecule has 1 unspecified atom stereocenters. The lowest BCUT2D eigenvalue weighted by Crippen LogP contribution is -2.35. The number of hydrogen-bond acceptors (Lipinski definition) is 3. The SMILES string of the molecule is Cc1[nH]c(C2CC2)nc1C1COCCN1. The third kappa shape index (κ3) is 1.79. The van der Waals surface area contributed by atoms with Gasteiger partial charge in [-0.25, -0.2) is 4.98 Å². The van der Waals surface area contributed by atoms with E-state index in [1.54, 1.807) is 0 Å². The van der Waals surface area contributed by atoms with Gasteiger partial charge < -0.3 is 15.0 Å². The number of ether oxygens (including phenoxy) is 1. The van der Waals surface area contributed by atoms with Crippen LogP contribution in [0.1, 0.15) is 42.0 Å². The standard InChI is InChI=1S/C11H17N3O/c1-7-10(9-6-15-5-4-12-9)14-11(13-7)8-2-3-8/h8-9,12H,2-6H2,1H3,(H,13,14). The van der Waals surface area contributed by atoms with Crippen LogP contribution in [0.2, 0.25) is 0 Å². The normalized spacial score (nSPS) is 26.9. The number of hydrogen-bond donors (Lipinski definition) is 2. The summed E-state index contributed by atoms with van der Waals surface area (Å²) in [6.07, 6.45) is 2.59. The molecule has 1 aliphatic carbocycles. The summed E-state index contributed by atoms with van der Waals surface area (Å²) in [4.78, 5) is 8.09. The number of nitrogens with zero attached hydrogens (tertiary/aromatic N) is 1. The predicted molar refractivity (Wildman–Crippen MR) is 56.9 cm³/mol. The summed E-state index contributed by atoms with van der Waals surface area (Å²) in [7, 11) is 0. The van der Waals surface area contributed by atoms with Crippen molar-refractivity contribution < 1.29 is 4.74 Å². The highest BCUT2D eigenvalue weighted by atomic mass is 16.5. The first-order valence-electron chi connectivity index (χ1n) is 5.72. The molecule has 2 heterocycles. The summed E-state index contributed by atoms with van der Waals surface area (Å²) in [6.45, 7) is 4.59. The monoisotopic (exact) mass is 207 g/mol. The molecule has 1 saturated heterocycles. The second kappa shape index (κ2) is 3.61. The number of aryl methyl sites for hydroxylation is 1. The molecule has 0 amide bonds. The number of H-pyrrole nitrogens is 1. The first kappa shape index (κ1) is 9.36. The van der Waals surface area contributed by atoms with Crippen molar-refractivity contribution >= 4 is 0 Å². The van der Waals surface area contributed by atoms with E-state index < -0.39 is 0 Å². The average Bonchev–Trinajstić information content (AvgIpc) is 3.04. The number of nitrogens with one attached hydrogen (secondary N) is 2. The molecule has 2 fully saturated rings. The van der Waals surface area contributed by atoms with E-state index in [0.29, 0.717) is 5.92 Å². The molecule has 1 aliphatic heterocycles. The Labute approximate surface area is 89.4 Å². The van der Waals surface area contributed by atoms with Gasteiger partial charge in [0, 0.05) is 18.2 Å². The molecule has 1 aromatic rings.